The van der Waals surface area contributed by atoms with E-state index in [-0.39, 0.29) is 0 Å². The van der Waals surface area contributed by atoms with Gasteiger partial charge >= 0.3 is 0 Å². The van der Waals surface area contributed by atoms with E-state index in [0.717, 1.165) is 30.8 Å². The Kier molecular flexibility index (Phi) is 5.64. The largest absolute Gasteiger partial charge is 0.492 e. The minimum Gasteiger partial charge on any atom is -0.492 e. The Balaban J connectivity index is 2.60. The molecule has 0 atom stereocenters. The summed E-state index contributed by atoms with van der Waals surface area (Å²) in [6, 6.07) is 5.71. The maximum Gasteiger partial charge on any atom is 0.137 e. The summed E-state index contributed by atoms with van der Waals surface area (Å²) in [5, 5.41) is 0.647. The summed E-state index contributed by atoms with van der Waals surface area (Å²) in [6.07, 6.45) is 2.27. The van der Waals surface area contributed by atoms with Crippen LogP contribution in [-0.4, -0.2) is 6.61 Å². The molecule has 90 valence electrons. The van der Waals surface area contributed by atoms with Gasteiger partial charge in [-0.3, -0.25) is 0 Å². The molecular weight excluding hydrogens is 222 g/mol. The Morgan fingerprint density at radius 1 is 1.31 bits per heavy atom. The van der Waals surface area contributed by atoms with Gasteiger partial charge in [0, 0.05) is 6.54 Å². The van der Waals surface area contributed by atoms with Crippen molar-refractivity contribution in [2.24, 2.45) is 11.7 Å². The maximum absolute atomic E-state index is 6.10. The van der Waals surface area contributed by atoms with Gasteiger partial charge in [-0.2, -0.15) is 0 Å². The van der Waals surface area contributed by atoms with Gasteiger partial charge in [-0.1, -0.05) is 44.4 Å². The van der Waals surface area contributed by atoms with E-state index in [0.29, 0.717) is 17.5 Å². The van der Waals surface area contributed by atoms with Crippen LogP contribution in [0.2, 0.25) is 5.02 Å². The van der Waals surface area contributed by atoms with Crippen molar-refractivity contribution in [2.75, 3.05) is 6.61 Å². The molecule has 0 aliphatic carbocycles. The van der Waals surface area contributed by atoms with E-state index in [9.17, 15) is 0 Å². The molecule has 0 spiro atoms. The minimum atomic E-state index is 0.506. The standard InChI is InChI=1S/C13H20ClNO/c1-3-10(4-2)9-16-13-6-5-11(8-15)7-12(13)14/h5-7,10H,3-4,8-9,15H2,1-2H3. The van der Waals surface area contributed by atoms with Gasteiger partial charge in [0.05, 0.1) is 11.6 Å². The van der Waals surface area contributed by atoms with Crippen molar-refractivity contribution >= 4 is 11.6 Å². The predicted octanol–water partition coefficient (Wildman–Crippen LogP) is 3.61. The van der Waals surface area contributed by atoms with Crippen LogP contribution < -0.4 is 10.5 Å². The SMILES string of the molecule is CCC(CC)COc1ccc(CN)cc1Cl. The summed E-state index contributed by atoms with van der Waals surface area (Å²) >= 11 is 6.10. The fourth-order valence-corrected chi connectivity index (χ4v) is 1.78. The Labute approximate surface area is 103 Å². The molecule has 0 bridgehead atoms. The van der Waals surface area contributed by atoms with E-state index in [1.54, 1.807) is 0 Å². The maximum atomic E-state index is 6.10. The molecule has 0 saturated carbocycles. The van der Waals surface area contributed by atoms with E-state index < -0.39 is 0 Å². The topological polar surface area (TPSA) is 35.2 Å². The first kappa shape index (κ1) is 13.3. The van der Waals surface area contributed by atoms with Gasteiger partial charge in [0.25, 0.3) is 0 Å². The zero-order valence-corrected chi connectivity index (χ0v) is 10.8. The first-order valence-electron chi connectivity index (χ1n) is 5.82. The highest BCUT2D eigenvalue weighted by Gasteiger charge is 2.07. The molecule has 2 N–H and O–H groups in total. The molecule has 0 fully saturated rings. The summed E-state index contributed by atoms with van der Waals surface area (Å²) in [4.78, 5) is 0. The van der Waals surface area contributed by atoms with E-state index in [2.05, 4.69) is 13.8 Å². The number of nitrogens with two attached hydrogens (primary N) is 1. The van der Waals surface area contributed by atoms with Gasteiger partial charge in [0.15, 0.2) is 0 Å². The van der Waals surface area contributed by atoms with Gasteiger partial charge in [0.2, 0.25) is 0 Å². The quantitative estimate of drug-likeness (QED) is 0.826. The average molecular weight is 242 g/mol. The molecule has 0 aliphatic heterocycles. The van der Waals surface area contributed by atoms with Crippen molar-refractivity contribution in [3.8, 4) is 5.75 Å². The number of halogens is 1. The molecule has 0 heterocycles. The van der Waals surface area contributed by atoms with Gasteiger partial charge in [0.1, 0.15) is 5.75 Å². The lowest BCUT2D eigenvalue weighted by Crippen LogP contribution is -2.10. The number of hydrogen-bond acceptors (Lipinski definition) is 2. The van der Waals surface area contributed by atoms with Crippen molar-refractivity contribution in [3.05, 3.63) is 28.8 Å². The third-order valence-electron chi connectivity index (χ3n) is 2.86. The zero-order chi connectivity index (χ0) is 12.0. The number of rotatable bonds is 6. The summed E-state index contributed by atoms with van der Waals surface area (Å²) in [7, 11) is 0. The van der Waals surface area contributed by atoms with Crippen LogP contribution in [0.15, 0.2) is 18.2 Å². The fourth-order valence-electron chi connectivity index (χ4n) is 1.52. The lowest BCUT2D eigenvalue weighted by Gasteiger charge is -2.14. The number of ether oxygens (including phenoxy) is 1. The second-order valence-electron chi connectivity index (χ2n) is 3.96. The molecule has 16 heavy (non-hydrogen) atoms. The third-order valence-corrected chi connectivity index (χ3v) is 3.16. The molecule has 0 aromatic heterocycles. The van der Waals surface area contributed by atoms with E-state index in [1.807, 2.05) is 18.2 Å². The normalized spacial score (nSPS) is 10.8. The van der Waals surface area contributed by atoms with Crippen LogP contribution in [-0.2, 0) is 6.54 Å². The van der Waals surface area contributed by atoms with Crippen molar-refractivity contribution in [2.45, 2.75) is 33.2 Å². The minimum absolute atomic E-state index is 0.506. The Morgan fingerprint density at radius 2 is 2.00 bits per heavy atom. The molecule has 0 unspecified atom stereocenters. The van der Waals surface area contributed by atoms with Gasteiger partial charge in [-0.05, 0) is 23.6 Å². The smallest absolute Gasteiger partial charge is 0.137 e. The van der Waals surface area contributed by atoms with Crippen molar-refractivity contribution < 1.29 is 4.74 Å². The van der Waals surface area contributed by atoms with Crippen LogP contribution in [0.25, 0.3) is 0 Å². The molecular formula is C13H20ClNO. The summed E-state index contributed by atoms with van der Waals surface area (Å²) in [6.45, 7) is 5.59. The zero-order valence-electron chi connectivity index (χ0n) is 10.0. The van der Waals surface area contributed by atoms with E-state index >= 15 is 0 Å². The van der Waals surface area contributed by atoms with E-state index in [1.165, 1.54) is 0 Å². The predicted molar refractivity (Wildman–Crippen MR) is 68.9 cm³/mol. The van der Waals surface area contributed by atoms with Crippen LogP contribution in [0, 0.1) is 5.92 Å². The molecule has 2 nitrogen and oxygen atoms in total. The lowest BCUT2D eigenvalue weighted by atomic mass is 10.1. The number of hydrogen-bond donors (Lipinski definition) is 1. The first-order chi connectivity index (χ1) is 7.71. The molecule has 0 radical (unpaired) electrons. The van der Waals surface area contributed by atoms with Crippen LogP contribution in [0.4, 0.5) is 0 Å². The molecule has 1 aromatic carbocycles. The molecule has 0 saturated heterocycles. The highest BCUT2D eigenvalue weighted by atomic mass is 35.5. The second-order valence-corrected chi connectivity index (χ2v) is 4.37. The van der Waals surface area contributed by atoms with Crippen LogP contribution in [0.1, 0.15) is 32.3 Å². The van der Waals surface area contributed by atoms with Crippen molar-refractivity contribution in [1.82, 2.24) is 0 Å². The third kappa shape index (κ3) is 3.69. The molecule has 0 amide bonds. The van der Waals surface area contributed by atoms with Crippen LogP contribution in [0.3, 0.4) is 0 Å². The summed E-state index contributed by atoms with van der Waals surface area (Å²) < 4.78 is 5.71. The first-order valence-corrected chi connectivity index (χ1v) is 6.20. The number of benzene rings is 1. The summed E-state index contributed by atoms with van der Waals surface area (Å²) in [5.74, 6) is 1.36. The highest BCUT2D eigenvalue weighted by molar-refractivity contribution is 6.32. The molecule has 0 aliphatic rings. The van der Waals surface area contributed by atoms with Crippen LogP contribution >= 0.6 is 11.6 Å². The second kappa shape index (κ2) is 6.77. The fraction of sp³-hybridized carbons (Fsp3) is 0.538. The molecule has 1 aromatic rings. The van der Waals surface area contributed by atoms with Gasteiger partial charge < -0.3 is 10.5 Å². The molecule has 1 rings (SSSR count). The van der Waals surface area contributed by atoms with Crippen molar-refractivity contribution in [3.63, 3.8) is 0 Å². The van der Waals surface area contributed by atoms with Gasteiger partial charge in [-0.15, -0.1) is 0 Å². The van der Waals surface area contributed by atoms with Gasteiger partial charge in [-0.25, -0.2) is 0 Å². The van der Waals surface area contributed by atoms with E-state index in [4.69, 9.17) is 22.1 Å². The monoisotopic (exact) mass is 241 g/mol. The Bertz CT molecular complexity index is 324. The van der Waals surface area contributed by atoms with Crippen molar-refractivity contribution in [1.29, 1.82) is 0 Å². The Morgan fingerprint density at radius 3 is 2.50 bits per heavy atom. The summed E-state index contributed by atoms with van der Waals surface area (Å²) in [5.41, 5.74) is 6.56. The average Bonchev–Trinajstić information content (AvgIpc) is 2.32. The Hall–Kier alpha value is -0.730. The lowest BCUT2D eigenvalue weighted by molar-refractivity contribution is 0.240. The highest BCUT2D eigenvalue weighted by Crippen LogP contribution is 2.26. The molecule has 3 heteroatoms. The van der Waals surface area contributed by atoms with Crippen LogP contribution in [0.5, 0.6) is 5.75 Å².